The quantitative estimate of drug-likeness (QED) is 0.353. The van der Waals surface area contributed by atoms with Crippen molar-refractivity contribution >= 4 is 5.97 Å². The van der Waals surface area contributed by atoms with Crippen LogP contribution in [0.4, 0.5) is 0 Å². The first-order valence-corrected chi connectivity index (χ1v) is 9.94. The number of ether oxygens (including phenoxy) is 1. The van der Waals surface area contributed by atoms with Gasteiger partial charge in [-0.3, -0.25) is 4.84 Å². The number of nitrogens with zero attached hydrogens (tertiary/aromatic N) is 1. The van der Waals surface area contributed by atoms with Crippen molar-refractivity contribution < 1.29 is 14.4 Å². The number of carbonyl (C=O) groups excluding carboxylic acids is 1. The van der Waals surface area contributed by atoms with Gasteiger partial charge in [-0.25, -0.2) is 4.79 Å². The van der Waals surface area contributed by atoms with Crippen molar-refractivity contribution in [3.05, 3.63) is 83.9 Å². The zero-order valence-corrected chi connectivity index (χ0v) is 16.7. The molecule has 2 aromatic rings. The Morgan fingerprint density at radius 3 is 2.07 bits per heavy atom. The number of hydrogen-bond donors (Lipinski definition) is 0. The van der Waals surface area contributed by atoms with Crippen molar-refractivity contribution in [1.29, 1.82) is 0 Å². The van der Waals surface area contributed by atoms with Gasteiger partial charge in [0.05, 0.1) is 6.61 Å². The standard InChI is InChI=1S/C24H29NO3/c1-20(2)10-9-15-24(16-17-27-23(24)26)28-25(18-21-11-5-3-6-12-21)19-22-13-7-4-8-14-22/h3-9,11-15,20H,10,16-19H2,1-2H3/b15-9+/t24-/m1/s1. The van der Waals surface area contributed by atoms with E-state index in [1.54, 1.807) is 0 Å². The number of esters is 1. The van der Waals surface area contributed by atoms with E-state index in [-0.39, 0.29) is 5.97 Å². The van der Waals surface area contributed by atoms with Crippen LogP contribution in [0.15, 0.2) is 72.8 Å². The van der Waals surface area contributed by atoms with Gasteiger partial charge < -0.3 is 4.74 Å². The maximum atomic E-state index is 12.6. The van der Waals surface area contributed by atoms with E-state index < -0.39 is 5.60 Å². The second-order valence-electron chi connectivity index (χ2n) is 7.67. The third kappa shape index (κ3) is 5.54. The monoisotopic (exact) mass is 379 g/mol. The molecule has 0 bridgehead atoms. The summed E-state index contributed by atoms with van der Waals surface area (Å²) in [6.45, 7) is 5.87. The summed E-state index contributed by atoms with van der Waals surface area (Å²) >= 11 is 0. The molecule has 148 valence electrons. The average molecular weight is 380 g/mol. The summed E-state index contributed by atoms with van der Waals surface area (Å²) in [6, 6.07) is 20.3. The Labute approximate surface area is 167 Å². The molecule has 1 aliphatic rings. The summed E-state index contributed by atoms with van der Waals surface area (Å²) in [4.78, 5) is 19.0. The first-order chi connectivity index (χ1) is 13.6. The zero-order valence-electron chi connectivity index (χ0n) is 16.7. The first-order valence-electron chi connectivity index (χ1n) is 9.94. The van der Waals surface area contributed by atoms with Crippen LogP contribution < -0.4 is 0 Å². The molecule has 0 N–H and O–H groups in total. The van der Waals surface area contributed by atoms with Gasteiger partial charge in [0.15, 0.2) is 0 Å². The second kappa shape index (κ2) is 9.67. The molecule has 4 heteroatoms. The fourth-order valence-corrected chi connectivity index (χ4v) is 3.24. The van der Waals surface area contributed by atoms with Crippen molar-refractivity contribution in [3.8, 4) is 0 Å². The van der Waals surface area contributed by atoms with Crippen molar-refractivity contribution in [3.63, 3.8) is 0 Å². The second-order valence-corrected chi connectivity index (χ2v) is 7.67. The summed E-state index contributed by atoms with van der Waals surface area (Å²) in [7, 11) is 0. The van der Waals surface area contributed by atoms with E-state index in [1.807, 2.05) is 53.6 Å². The molecule has 1 fully saturated rings. The van der Waals surface area contributed by atoms with E-state index in [9.17, 15) is 4.79 Å². The third-order valence-corrected chi connectivity index (χ3v) is 4.74. The number of rotatable bonds is 9. The van der Waals surface area contributed by atoms with Gasteiger partial charge >= 0.3 is 5.97 Å². The van der Waals surface area contributed by atoms with Crippen molar-refractivity contribution in [2.24, 2.45) is 5.92 Å². The topological polar surface area (TPSA) is 38.8 Å². The largest absolute Gasteiger partial charge is 0.463 e. The molecule has 1 saturated heterocycles. The predicted octanol–water partition coefficient (Wildman–Crippen LogP) is 4.91. The number of hydroxylamine groups is 2. The average Bonchev–Trinajstić information content (AvgIpc) is 3.03. The fraction of sp³-hybridized carbons (Fsp3) is 0.375. The molecule has 2 aromatic carbocycles. The molecule has 0 aromatic heterocycles. The lowest BCUT2D eigenvalue weighted by Gasteiger charge is -2.30. The highest BCUT2D eigenvalue weighted by Crippen LogP contribution is 2.29. The van der Waals surface area contributed by atoms with Gasteiger partial charge in [-0.15, -0.1) is 0 Å². The highest BCUT2D eigenvalue weighted by molar-refractivity contribution is 5.83. The molecule has 0 spiro atoms. The Morgan fingerprint density at radius 1 is 1.04 bits per heavy atom. The van der Waals surface area contributed by atoms with E-state index in [1.165, 1.54) is 0 Å². The van der Waals surface area contributed by atoms with Crippen LogP contribution in [0, 0.1) is 5.92 Å². The van der Waals surface area contributed by atoms with Crippen LogP contribution >= 0.6 is 0 Å². The predicted molar refractivity (Wildman–Crippen MR) is 110 cm³/mol. The minimum Gasteiger partial charge on any atom is -0.463 e. The van der Waals surface area contributed by atoms with Crippen LogP contribution in [0.1, 0.15) is 37.8 Å². The first kappa shape index (κ1) is 20.3. The number of allylic oxidation sites excluding steroid dienone is 1. The molecular formula is C24H29NO3. The van der Waals surface area contributed by atoms with E-state index in [2.05, 4.69) is 38.1 Å². The molecule has 0 saturated carbocycles. The van der Waals surface area contributed by atoms with Crippen molar-refractivity contribution in [1.82, 2.24) is 5.06 Å². The highest BCUT2D eigenvalue weighted by atomic mass is 16.7. The van der Waals surface area contributed by atoms with E-state index in [0.29, 0.717) is 32.0 Å². The van der Waals surface area contributed by atoms with Gasteiger partial charge in [0.1, 0.15) is 0 Å². The van der Waals surface area contributed by atoms with Crippen LogP contribution in [-0.4, -0.2) is 23.2 Å². The van der Waals surface area contributed by atoms with Gasteiger partial charge in [0.2, 0.25) is 5.60 Å². The maximum Gasteiger partial charge on any atom is 0.344 e. The Kier molecular flexibility index (Phi) is 7.01. The van der Waals surface area contributed by atoms with Gasteiger partial charge in [0, 0.05) is 19.5 Å². The minimum atomic E-state index is -1.04. The van der Waals surface area contributed by atoms with E-state index in [4.69, 9.17) is 9.57 Å². The molecular weight excluding hydrogens is 350 g/mol. The Morgan fingerprint density at radius 2 is 1.61 bits per heavy atom. The number of hydrogen-bond acceptors (Lipinski definition) is 4. The van der Waals surface area contributed by atoms with Gasteiger partial charge in [-0.05, 0) is 29.5 Å². The zero-order chi connectivity index (χ0) is 19.8. The van der Waals surface area contributed by atoms with Crippen LogP contribution in [0.2, 0.25) is 0 Å². The number of cyclic esters (lactones) is 1. The van der Waals surface area contributed by atoms with E-state index in [0.717, 1.165) is 17.5 Å². The summed E-state index contributed by atoms with van der Waals surface area (Å²) in [5.74, 6) is 0.217. The lowest BCUT2D eigenvalue weighted by atomic mass is 10.00. The van der Waals surface area contributed by atoms with E-state index >= 15 is 0 Å². The molecule has 0 aliphatic carbocycles. The maximum absolute atomic E-state index is 12.6. The Bertz CT molecular complexity index is 731. The lowest BCUT2D eigenvalue weighted by molar-refractivity contribution is -0.237. The lowest BCUT2D eigenvalue weighted by Crippen LogP contribution is -2.42. The molecule has 1 atom stereocenters. The number of carbonyl (C=O) groups is 1. The summed E-state index contributed by atoms with van der Waals surface area (Å²) < 4.78 is 5.29. The van der Waals surface area contributed by atoms with Gasteiger partial charge in [-0.2, -0.15) is 5.06 Å². The molecule has 28 heavy (non-hydrogen) atoms. The van der Waals surface area contributed by atoms with Crippen molar-refractivity contribution in [2.75, 3.05) is 6.61 Å². The molecule has 3 rings (SSSR count). The molecule has 0 amide bonds. The normalized spacial score (nSPS) is 19.6. The van der Waals surface area contributed by atoms with Crippen LogP contribution in [0.3, 0.4) is 0 Å². The van der Waals surface area contributed by atoms with Gasteiger partial charge in [0.25, 0.3) is 0 Å². The Balaban J connectivity index is 1.82. The molecule has 0 radical (unpaired) electrons. The van der Waals surface area contributed by atoms with Crippen LogP contribution in [0.5, 0.6) is 0 Å². The third-order valence-electron chi connectivity index (χ3n) is 4.74. The van der Waals surface area contributed by atoms with Crippen LogP contribution in [-0.2, 0) is 27.5 Å². The summed E-state index contributed by atoms with van der Waals surface area (Å²) in [6.07, 6.45) is 5.36. The molecule has 0 unspecified atom stereocenters. The van der Waals surface area contributed by atoms with Gasteiger partial charge in [-0.1, -0.05) is 80.6 Å². The summed E-state index contributed by atoms with van der Waals surface area (Å²) in [5, 5.41) is 1.87. The summed E-state index contributed by atoms with van der Waals surface area (Å²) in [5.41, 5.74) is 1.22. The number of benzene rings is 2. The van der Waals surface area contributed by atoms with Crippen LogP contribution in [0.25, 0.3) is 0 Å². The van der Waals surface area contributed by atoms with Crippen molar-refractivity contribution in [2.45, 2.75) is 45.4 Å². The fourth-order valence-electron chi connectivity index (χ4n) is 3.24. The smallest absolute Gasteiger partial charge is 0.344 e. The minimum absolute atomic E-state index is 0.307. The molecule has 1 heterocycles. The molecule has 4 nitrogen and oxygen atoms in total. The SMILES string of the molecule is CC(C)C/C=C/[C@@]1(ON(Cc2ccccc2)Cc2ccccc2)CCOC1=O. The highest BCUT2D eigenvalue weighted by Gasteiger charge is 2.45. The Hall–Kier alpha value is -2.43. The molecule has 1 aliphatic heterocycles.